The summed E-state index contributed by atoms with van der Waals surface area (Å²) < 4.78 is 5.20. The number of hydrogen-bond acceptors (Lipinski definition) is 3. The van der Waals surface area contributed by atoms with Crippen LogP contribution in [-0.2, 0) is 6.61 Å². The Balaban J connectivity index is 2.51. The van der Waals surface area contributed by atoms with Crippen LogP contribution in [0, 0.1) is 6.92 Å². The number of rotatable bonds is 3. The summed E-state index contributed by atoms with van der Waals surface area (Å²) in [4.78, 5) is 4.26. The van der Waals surface area contributed by atoms with E-state index in [0.717, 1.165) is 28.1 Å². The highest BCUT2D eigenvalue weighted by molar-refractivity contribution is 5.68. The molecule has 0 saturated heterocycles. The molecule has 88 valence electrons. The van der Waals surface area contributed by atoms with E-state index in [9.17, 15) is 5.11 Å². The first-order chi connectivity index (χ1) is 8.24. The van der Waals surface area contributed by atoms with Crippen LogP contribution in [0.3, 0.4) is 0 Å². The van der Waals surface area contributed by atoms with Crippen LogP contribution in [0.25, 0.3) is 11.1 Å². The summed E-state index contributed by atoms with van der Waals surface area (Å²) in [6, 6.07) is 9.58. The predicted octanol–water partition coefficient (Wildman–Crippen LogP) is 2.56. The molecule has 0 aliphatic heterocycles. The number of methoxy groups -OCH3 is 1. The number of aliphatic hydroxyl groups excluding tert-OH is 1. The Morgan fingerprint density at radius 2 is 2.06 bits per heavy atom. The van der Waals surface area contributed by atoms with E-state index >= 15 is 0 Å². The van der Waals surface area contributed by atoms with E-state index in [1.807, 2.05) is 43.5 Å². The van der Waals surface area contributed by atoms with Crippen molar-refractivity contribution in [1.82, 2.24) is 4.98 Å². The van der Waals surface area contributed by atoms with E-state index in [-0.39, 0.29) is 6.61 Å². The molecule has 1 aromatic carbocycles. The van der Waals surface area contributed by atoms with Gasteiger partial charge in [0.2, 0.25) is 0 Å². The normalized spacial score (nSPS) is 10.3. The summed E-state index contributed by atoms with van der Waals surface area (Å²) >= 11 is 0. The molecule has 0 unspecified atom stereocenters. The van der Waals surface area contributed by atoms with Crippen LogP contribution in [-0.4, -0.2) is 17.2 Å². The Hall–Kier alpha value is -1.87. The lowest BCUT2D eigenvalue weighted by Gasteiger charge is -2.09. The van der Waals surface area contributed by atoms with E-state index in [0.29, 0.717) is 0 Å². The lowest BCUT2D eigenvalue weighted by atomic mass is 10.0. The third-order valence-corrected chi connectivity index (χ3v) is 2.71. The first kappa shape index (κ1) is 11.6. The first-order valence-corrected chi connectivity index (χ1v) is 5.45. The standard InChI is InChI=1S/C14H15NO2/c1-10-3-4-11(8-15-10)14-7-13(17-2)6-5-12(14)9-16/h3-8,16H,9H2,1-2H3. The Kier molecular flexibility index (Phi) is 3.40. The maximum atomic E-state index is 9.34. The van der Waals surface area contributed by atoms with Crippen molar-refractivity contribution in [3.05, 3.63) is 47.8 Å². The van der Waals surface area contributed by atoms with Crippen LogP contribution in [0.2, 0.25) is 0 Å². The SMILES string of the molecule is COc1ccc(CO)c(-c2ccc(C)nc2)c1. The number of aliphatic hydroxyl groups is 1. The van der Waals surface area contributed by atoms with Gasteiger partial charge in [-0.3, -0.25) is 4.98 Å². The van der Waals surface area contributed by atoms with Gasteiger partial charge in [-0.1, -0.05) is 12.1 Å². The molecule has 0 aliphatic carbocycles. The zero-order valence-corrected chi connectivity index (χ0v) is 9.97. The monoisotopic (exact) mass is 229 g/mol. The van der Waals surface area contributed by atoms with Crippen molar-refractivity contribution >= 4 is 0 Å². The van der Waals surface area contributed by atoms with Crippen molar-refractivity contribution in [2.24, 2.45) is 0 Å². The van der Waals surface area contributed by atoms with Gasteiger partial charge in [0, 0.05) is 17.5 Å². The van der Waals surface area contributed by atoms with Gasteiger partial charge in [-0.05, 0) is 36.2 Å². The molecule has 0 radical (unpaired) electrons. The minimum Gasteiger partial charge on any atom is -0.497 e. The summed E-state index contributed by atoms with van der Waals surface area (Å²) in [6.07, 6.45) is 1.81. The fraction of sp³-hybridized carbons (Fsp3) is 0.214. The molecule has 0 fully saturated rings. The van der Waals surface area contributed by atoms with E-state index in [4.69, 9.17) is 4.74 Å². The fourth-order valence-electron chi connectivity index (χ4n) is 1.72. The second-order valence-corrected chi connectivity index (χ2v) is 3.87. The van der Waals surface area contributed by atoms with E-state index < -0.39 is 0 Å². The zero-order valence-electron chi connectivity index (χ0n) is 9.97. The molecular formula is C14H15NO2. The number of ether oxygens (including phenoxy) is 1. The number of aryl methyl sites for hydroxylation is 1. The van der Waals surface area contributed by atoms with Gasteiger partial charge in [-0.25, -0.2) is 0 Å². The van der Waals surface area contributed by atoms with Gasteiger partial charge in [0.1, 0.15) is 5.75 Å². The lowest BCUT2D eigenvalue weighted by molar-refractivity contribution is 0.282. The van der Waals surface area contributed by atoms with Gasteiger partial charge >= 0.3 is 0 Å². The second-order valence-electron chi connectivity index (χ2n) is 3.87. The van der Waals surface area contributed by atoms with Gasteiger partial charge in [-0.15, -0.1) is 0 Å². The van der Waals surface area contributed by atoms with Gasteiger partial charge in [0.25, 0.3) is 0 Å². The van der Waals surface area contributed by atoms with Gasteiger partial charge in [0.15, 0.2) is 0 Å². The highest BCUT2D eigenvalue weighted by atomic mass is 16.5. The Labute approximate surface area is 101 Å². The molecule has 0 aliphatic rings. The van der Waals surface area contributed by atoms with Gasteiger partial charge in [0.05, 0.1) is 13.7 Å². The number of pyridine rings is 1. The second kappa shape index (κ2) is 4.97. The Bertz CT molecular complexity index is 506. The number of benzene rings is 1. The molecule has 0 bridgehead atoms. The maximum Gasteiger partial charge on any atom is 0.119 e. The molecule has 17 heavy (non-hydrogen) atoms. The van der Waals surface area contributed by atoms with Crippen LogP contribution < -0.4 is 4.74 Å². The summed E-state index contributed by atoms with van der Waals surface area (Å²) in [5, 5.41) is 9.34. The molecule has 1 N–H and O–H groups in total. The summed E-state index contributed by atoms with van der Waals surface area (Å²) in [5.41, 5.74) is 3.79. The van der Waals surface area contributed by atoms with E-state index in [1.165, 1.54) is 0 Å². The largest absolute Gasteiger partial charge is 0.497 e. The molecular weight excluding hydrogens is 214 g/mol. The summed E-state index contributed by atoms with van der Waals surface area (Å²) in [6.45, 7) is 1.95. The molecule has 0 atom stereocenters. The molecule has 2 aromatic rings. The average molecular weight is 229 g/mol. The fourth-order valence-corrected chi connectivity index (χ4v) is 1.72. The zero-order chi connectivity index (χ0) is 12.3. The van der Waals surface area contributed by atoms with Crippen molar-refractivity contribution in [3.63, 3.8) is 0 Å². The third kappa shape index (κ3) is 2.45. The minimum atomic E-state index is 0.00715. The molecule has 1 aromatic heterocycles. The van der Waals surface area contributed by atoms with Crippen LogP contribution >= 0.6 is 0 Å². The van der Waals surface area contributed by atoms with E-state index in [1.54, 1.807) is 7.11 Å². The Morgan fingerprint density at radius 1 is 1.24 bits per heavy atom. The van der Waals surface area contributed by atoms with Crippen molar-refractivity contribution in [3.8, 4) is 16.9 Å². The molecule has 3 heteroatoms. The van der Waals surface area contributed by atoms with Crippen LogP contribution in [0.15, 0.2) is 36.5 Å². The smallest absolute Gasteiger partial charge is 0.119 e. The van der Waals surface area contributed by atoms with Crippen LogP contribution in [0.4, 0.5) is 0 Å². The van der Waals surface area contributed by atoms with Crippen LogP contribution in [0.5, 0.6) is 5.75 Å². The highest BCUT2D eigenvalue weighted by Crippen LogP contribution is 2.27. The predicted molar refractivity (Wildman–Crippen MR) is 66.9 cm³/mol. The molecule has 0 saturated carbocycles. The van der Waals surface area contributed by atoms with Gasteiger partial charge < -0.3 is 9.84 Å². The van der Waals surface area contributed by atoms with Gasteiger partial charge in [-0.2, -0.15) is 0 Å². The number of hydrogen-bond donors (Lipinski definition) is 1. The van der Waals surface area contributed by atoms with Crippen molar-refractivity contribution in [2.45, 2.75) is 13.5 Å². The summed E-state index contributed by atoms with van der Waals surface area (Å²) in [5.74, 6) is 0.776. The van der Waals surface area contributed by atoms with Crippen LogP contribution in [0.1, 0.15) is 11.3 Å². The van der Waals surface area contributed by atoms with E-state index in [2.05, 4.69) is 4.98 Å². The molecule has 3 nitrogen and oxygen atoms in total. The third-order valence-electron chi connectivity index (χ3n) is 2.71. The van der Waals surface area contributed by atoms with Crippen molar-refractivity contribution < 1.29 is 9.84 Å². The topological polar surface area (TPSA) is 42.4 Å². The quantitative estimate of drug-likeness (QED) is 0.879. The first-order valence-electron chi connectivity index (χ1n) is 5.45. The highest BCUT2D eigenvalue weighted by Gasteiger charge is 2.06. The maximum absolute atomic E-state index is 9.34. The lowest BCUT2D eigenvalue weighted by Crippen LogP contribution is -1.92. The average Bonchev–Trinajstić information content (AvgIpc) is 2.39. The summed E-state index contributed by atoms with van der Waals surface area (Å²) in [7, 11) is 1.63. The molecule has 2 rings (SSSR count). The van der Waals surface area contributed by atoms with Crippen molar-refractivity contribution in [1.29, 1.82) is 0 Å². The molecule has 0 amide bonds. The number of nitrogens with zero attached hydrogens (tertiary/aromatic N) is 1. The van der Waals surface area contributed by atoms with Crippen molar-refractivity contribution in [2.75, 3.05) is 7.11 Å². The Morgan fingerprint density at radius 3 is 2.65 bits per heavy atom. The minimum absolute atomic E-state index is 0.00715. The number of aromatic nitrogens is 1. The molecule has 1 heterocycles. The molecule has 0 spiro atoms.